The third-order valence-electron chi connectivity index (χ3n) is 3.79. The molecule has 0 aromatic carbocycles. The van der Waals surface area contributed by atoms with E-state index in [9.17, 15) is 9.59 Å². The molecule has 1 aliphatic rings. The third-order valence-corrected chi connectivity index (χ3v) is 4.15. The van der Waals surface area contributed by atoms with Crippen LogP contribution in [0, 0.1) is 5.92 Å². The van der Waals surface area contributed by atoms with E-state index in [0.717, 1.165) is 30.4 Å². The molecule has 0 radical (unpaired) electrons. The number of amides is 1. The van der Waals surface area contributed by atoms with Crippen LogP contribution in [0.3, 0.4) is 0 Å². The Hall–Kier alpha value is -1.60. The number of hydrogen-bond acceptors (Lipinski definition) is 5. The van der Waals surface area contributed by atoms with E-state index in [1.54, 1.807) is 0 Å². The largest absolute Gasteiger partial charge is 0.394 e. The highest BCUT2D eigenvalue weighted by molar-refractivity contribution is 6.32. The van der Waals surface area contributed by atoms with Crippen LogP contribution in [0.15, 0.2) is 11.0 Å². The number of anilines is 1. The first-order valence-electron chi connectivity index (χ1n) is 6.95. The Bertz CT molecular complexity index is 567. The Kier molecular flexibility index (Phi) is 5.19. The third kappa shape index (κ3) is 3.74. The minimum atomic E-state index is -0.429. The van der Waals surface area contributed by atoms with Crippen molar-refractivity contribution in [3.05, 3.63) is 21.6 Å². The molecule has 0 atom stereocenters. The van der Waals surface area contributed by atoms with Crippen LogP contribution in [0.4, 0.5) is 5.69 Å². The van der Waals surface area contributed by atoms with Crippen LogP contribution in [0.5, 0.6) is 0 Å². The molecule has 1 saturated carbocycles. The lowest BCUT2D eigenvalue weighted by Gasteiger charge is -2.28. The molecule has 1 aromatic rings. The Labute approximate surface area is 127 Å². The lowest BCUT2D eigenvalue weighted by molar-refractivity contribution is -0.122. The Morgan fingerprint density at radius 2 is 2.14 bits per heavy atom. The number of primary amides is 1. The molecule has 0 spiro atoms. The molecule has 0 bridgehead atoms. The quantitative estimate of drug-likeness (QED) is 0.726. The van der Waals surface area contributed by atoms with Crippen LogP contribution in [0.1, 0.15) is 25.7 Å². The normalized spacial score (nSPS) is 22.0. The highest BCUT2D eigenvalue weighted by atomic mass is 35.5. The maximum atomic E-state index is 11.9. The summed E-state index contributed by atoms with van der Waals surface area (Å²) in [4.78, 5) is 23.0. The Balaban J connectivity index is 2.03. The zero-order valence-corrected chi connectivity index (χ0v) is 12.3. The fourth-order valence-electron chi connectivity index (χ4n) is 2.56. The molecule has 1 amide bonds. The van der Waals surface area contributed by atoms with Gasteiger partial charge in [-0.25, -0.2) is 4.68 Å². The SMILES string of the molecule is NC(=O)C1CCC(Nc2cnn(CCO)c(=O)c2Cl)CC1. The number of aliphatic hydroxyl groups excluding tert-OH is 1. The topological polar surface area (TPSA) is 110 Å². The first-order chi connectivity index (χ1) is 10.0. The summed E-state index contributed by atoms with van der Waals surface area (Å²) in [5.41, 5.74) is 5.35. The van der Waals surface area contributed by atoms with Crippen LogP contribution < -0.4 is 16.6 Å². The first-order valence-corrected chi connectivity index (χ1v) is 7.33. The van der Waals surface area contributed by atoms with Gasteiger partial charge in [0.15, 0.2) is 0 Å². The van der Waals surface area contributed by atoms with Gasteiger partial charge in [0, 0.05) is 12.0 Å². The van der Waals surface area contributed by atoms with E-state index in [1.165, 1.54) is 6.20 Å². The molecular formula is C13H19ClN4O3. The average molecular weight is 315 g/mol. The standard InChI is InChI=1S/C13H19ClN4O3/c14-11-10(7-16-18(5-6-19)13(11)21)17-9-3-1-8(2-4-9)12(15)20/h7-9,17,19H,1-6H2,(H2,15,20). The monoisotopic (exact) mass is 314 g/mol. The highest BCUT2D eigenvalue weighted by Crippen LogP contribution is 2.27. The first kappa shape index (κ1) is 15.8. The molecule has 2 rings (SSSR count). The smallest absolute Gasteiger partial charge is 0.287 e. The number of nitrogens with zero attached hydrogens (tertiary/aromatic N) is 2. The van der Waals surface area contributed by atoms with Gasteiger partial charge in [-0.3, -0.25) is 9.59 Å². The fraction of sp³-hybridized carbons (Fsp3) is 0.615. The van der Waals surface area contributed by atoms with Crippen LogP contribution in [0.2, 0.25) is 5.02 Å². The Morgan fingerprint density at radius 3 is 2.71 bits per heavy atom. The van der Waals surface area contributed by atoms with Crippen molar-refractivity contribution >= 4 is 23.2 Å². The van der Waals surface area contributed by atoms with Crippen molar-refractivity contribution in [1.82, 2.24) is 9.78 Å². The van der Waals surface area contributed by atoms with Gasteiger partial charge in [-0.1, -0.05) is 11.6 Å². The summed E-state index contributed by atoms with van der Waals surface area (Å²) in [6.45, 7) is -0.0598. The summed E-state index contributed by atoms with van der Waals surface area (Å²) >= 11 is 6.04. The number of hydrogen-bond donors (Lipinski definition) is 3. The van der Waals surface area contributed by atoms with Crippen molar-refractivity contribution in [3.63, 3.8) is 0 Å². The van der Waals surface area contributed by atoms with Crippen LogP contribution in [-0.2, 0) is 11.3 Å². The predicted octanol–water partition coefficient (Wildman–Crippen LogP) is 0.345. The van der Waals surface area contributed by atoms with Crippen molar-refractivity contribution in [2.75, 3.05) is 11.9 Å². The fourth-order valence-corrected chi connectivity index (χ4v) is 2.76. The van der Waals surface area contributed by atoms with Crippen molar-refractivity contribution in [1.29, 1.82) is 0 Å². The molecule has 7 nitrogen and oxygen atoms in total. The number of nitrogens with one attached hydrogen (secondary N) is 1. The van der Waals surface area contributed by atoms with E-state index in [1.807, 2.05) is 0 Å². The van der Waals surface area contributed by atoms with Gasteiger partial charge in [-0.05, 0) is 25.7 Å². The molecule has 4 N–H and O–H groups in total. The maximum Gasteiger partial charge on any atom is 0.287 e. The number of aromatic nitrogens is 2. The molecule has 8 heteroatoms. The lowest BCUT2D eigenvalue weighted by Crippen LogP contribution is -2.33. The number of aliphatic hydroxyl groups is 1. The van der Waals surface area contributed by atoms with Gasteiger partial charge in [0.25, 0.3) is 5.56 Å². The second kappa shape index (κ2) is 6.91. The molecule has 0 aliphatic heterocycles. The highest BCUT2D eigenvalue weighted by Gasteiger charge is 2.25. The second-order valence-corrected chi connectivity index (χ2v) is 5.60. The predicted molar refractivity (Wildman–Crippen MR) is 79.2 cm³/mol. The minimum Gasteiger partial charge on any atom is -0.394 e. The molecule has 1 aliphatic carbocycles. The van der Waals surface area contributed by atoms with Crippen molar-refractivity contribution < 1.29 is 9.90 Å². The van der Waals surface area contributed by atoms with Gasteiger partial charge >= 0.3 is 0 Å². The molecule has 1 fully saturated rings. The summed E-state index contributed by atoms with van der Waals surface area (Å²) in [6.07, 6.45) is 4.55. The van der Waals surface area contributed by atoms with Crippen LogP contribution in [-0.4, -0.2) is 33.4 Å². The minimum absolute atomic E-state index is 0.0609. The zero-order valence-electron chi connectivity index (χ0n) is 11.6. The summed E-state index contributed by atoms with van der Waals surface area (Å²) in [7, 11) is 0. The lowest BCUT2D eigenvalue weighted by atomic mass is 9.85. The molecule has 0 unspecified atom stereocenters. The number of carbonyl (C=O) groups excluding carboxylic acids is 1. The molecular weight excluding hydrogens is 296 g/mol. The van der Waals surface area contributed by atoms with Gasteiger partial charge in [-0.15, -0.1) is 0 Å². The van der Waals surface area contributed by atoms with Gasteiger partial charge in [0.1, 0.15) is 5.02 Å². The van der Waals surface area contributed by atoms with Gasteiger partial charge < -0.3 is 16.2 Å². The number of nitrogens with two attached hydrogens (primary N) is 1. The van der Waals surface area contributed by atoms with Gasteiger partial charge in [0.2, 0.25) is 5.91 Å². The molecule has 116 valence electrons. The van der Waals surface area contributed by atoms with Crippen molar-refractivity contribution in [2.24, 2.45) is 11.7 Å². The van der Waals surface area contributed by atoms with E-state index in [2.05, 4.69) is 10.4 Å². The van der Waals surface area contributed by atoms with E-state index in [-0.39, 0.29) is 36.0 Å². The number of halogens is 1. The summed E-state index contributed by atoms with van der Waals surface area (Å²) in [5.74, 6) is -0.311. The zero-order chi connectivity index (χ0) is 15.4. The Morgan fingerprint density at radius 1 is 1.48 bits per heavy atom. The summed E-state index contributed by atoms with van der Waals surface area (Å²) in [6, 6.07) is 0.146. The second-order valence-electron chi connectivity index (χ2n) is 5.22. The average Bonchev–Trinajstić information content (AvgIpc) is 2.47. The maximum absolute atomic E-state index is 11.9. The van der Waals surface area contributed by atoms with Crippen LogP contribution >= 0.6 is 11.6 Å². The summed E-state index contributed by atoms with van der Waals surface area (Å²) < 4.78 is 1.12. The van der Waals surface area contributed by atoms with Crippen LogP contribution in [0.25, 0.3) is 0 Å². The number of rotatable bonds is 5. The number of carbonyl (C=O) groups is 1. The van der Waals surface area contributed by atoms with E-state index in [4.69, 9.17) is 22.4 Å². The van der Waals surface area contributed by atoms with E-state index < -0.39 is 5.56 Å². The van der Waals surface area contributed by atoms with Crippen molar-refractivity contribution in [3.8, 4) is 0 Å². The van der Waals surface area contributed by atoms with E-state index >= 15 is 0 Å². The summed E-state index contributed by atoms with van der Waals surface area (Å²) in [5, 5.41) is 16.1. The molecule has 21 heavy (non-hydrogen) atoms. The van der Waals surface area contributed by atoms with Gasteiger partial charge in [0.05, 0.1) is 25.0 Å². The molecule has 1 aromatic heterocycles. The molecule has 1 heterocycles. The van der Waals surface area contributed by atoms with Gasteiger partial charge in [-0.2, -0.15) is 5.10 Å². The molecule has 0 saturated heterocycles. The van der Waals surface area contributed by atoms with E-state index in [0.29, 0.717) is 5.69 Å². The van der Waals surface area contributed by atoms with Crippen molar-refractivity contribution in [2.45, 2.75) is 38.3 Å².